The Hall–Kier alpha value is -2.43. The molecule has 0 spiro atoms. The van der Waals surface area contributed by atoms with Gasteiger partial charge in [-0.2, -0.15) is 0 Å². The zero-order chi connectivity index (χ0) is 13.8. The lowest BCUT2D eigenvalue weighted by molar-refractivity contribution is 0.0596. The van der Waals surface area contributed by atoms with E-state index in [1.165, 1.54) is 14.2 Å². The van der Waals surface area contributed by atoms with Crippen LogP contribution in [0, 0.1) is 6.92 Å². The zero-order valence-corrected chi connectivity index (χ0v) is 11.0. The summed E-state index contributed by atoms with van der Waals surface area (Å²) in [6, 6.07) is 5.44. The third kappa shape index (κ3) is 2.54. The Morgan fingerprint density at radius 1 is 1.21 bits per heavy atom. The van der Waals surface area contributed by atoms with Crippen molar-refractivity contribution in [1.82, 2.24) is 9.97 Å². The molecule has 5 nitrogen and oxygen atoms in total. The van der Waals surface area contributed by atoms with E-state index in [4.69, 9.17) is 9.47 Å². The molecule has 0 fully saturated rings. The second-order valence-electron chi connectivity index (χ2n) is 3.91. The Bertz CT molecular complexity index is 597. The van der Waals surface area contributed by atoms with Crippen molar-refractivity contribution >= 4 is 5.97 Å². The molecule has 2 aromatic heterocycles. The molecule has 19 heavy (non-hydrogen) atoms. The van der Waals surface area contributed by atoms with Crippen molar-refractivity contribution < 1.29 is 14.3 Å². The van der Waals surface area contributed by atoms with E-state index in [-0.39, 0.29) is 5.88 Å². The Labute approximate surface area is 111 Å². The highest BCUT2D eigenvalue weighted by molar-refractivity contribution is 5.93. The fourth-order valence-electron chi connectivity index (χ4n) is 1.82. The quantitative estimate of drug-likeness (QED) is 0.790. The minimum absolute atomic E-state index is 0.266. The fourth-order valence-corrected chi connectivity index (χ4v) is 1.82. The molecule has 0 radical (unpaired) electrons. The number of aryl methyl sites for hydroxylation is 1. The molecular weight excluding hydrogens is 244 g/mol. The van der Waals surface area contributed by atoms with Gasteiger partial charge in [-0.1, -0.05) is 0 Å². The molecule has 0 unspecified atom stereocenters. The van der Waals surface area contributed by atoms with Crippen LogP contribution < -0.4 is 4.74 Å². The van der Waals surface area contributed by atoms with Crippen LogP contribution in [0.3, 0.4) is 0 Å². The Morgan fingerprint density at radius 2 is 1.89 bits per heavy atom. The van der Waals surface area contributed by atoms with Gasteiger partial charge in [0.05, 0.1) is 14.2 Å². The van der Waals surface area contributed by atoms with Crippen LogP contribution in [-0.4, -0.2) is 30.2 Å². The number of carbonyl (C=O) groups is 1. The summed E-state index contributed by atoms with van der Waals surface area (Å²) >= 11 is 0. The minimum Gasteiger partial charge on any atom is -0.480 e. The molecule has 0 N–H and O–H groups in total. The lowest BCUT2D eigenvalue weighted by atomic mass is 10.0. The molecule has 0 aromatic carbocycles. The average molecular weight is 258 g/mol. The lowest BCUT2D eigenvalue weighted by Gasteiger charge is -2.11. The maximum absolute atomic E-state index is 11.7. The second-order valence-corrected chi connectivity index (χ2v) is 3.91. The number of pyridine rings is 2. The number of aromatic nitrogens is 2. The average Bonchev–Trinajstić information content (AvgIpc) is 2.47. The number of hydrogen-bond acceptors (Lipinski definition) is 5. The standard InChI is InChI=1S/C14H14N2O3/c1-9-11(10-4-6-15-7-5-10)8-12(14(17)19-3)13(16-9)18-2/h4-8H,1-3H3. The van der Waals surface area contributed by atoms with Crippen molar-refractivity contribution in [2.75, 3.05) is 14.2 Å². The molecule has 0 aliphatic carbocycles. The highest BCUT2D eigenvalue weighted by Crippen LogP contribution is 2.27. The molecular formula is C14H14N2O3. The summed E-state index contributed by atoms with van der Waals surface area (Å²) in [7, 11) is 2.80. The van der Waals surface area contributed by atoms with Gasteiger partial charge >= 0.3 is 5.97 Å². The van der Waals surface area contributed by atoms with Crippen LogP contribution in [0.5, 0.6) is 5.88 Å². The summed E-state index contributed by atoms with van der Waals surface area (Å²) in [5.74, 6) is -0.207. The first-order chi connectivity index (χ1) is 9.17. The Morgan fingerprint density at radius 3 is 2.47 bits per heavy atom. The third-order valence-electron chi connectivity index (χ3n) is 2.77. The first-order valence-corrected chi connectivity index (χ1v) is 5.71. The van der Waals surface area contributed by atoms with E-state index in [2.05, 4.69) is 9.97 Å². The van der Waals surface area contributed by atoms with Gasteiger partial charge in [0.15, 0.2) is 0 Å². The maximum Gasteiger partial charge on any atom is 0.343 e. The van der Waals surface area contributed by atoms with Gasteiger partial charge < -0.3 is 9.47 Å². The molecule has 0 aliphatic rings. The maximum atomic E-state index is 11.7. The van der Waals surface area contributed by atoms with Crippen molar-refractivity contribution in [3.63, 3.8) is 0 Å². The van der Waals surface area contributed by atoms with E-state index < -0.39 is 5.97 Å². The largest absolute Gasteiger partial charge is 0.480 e. The van der Waals surface area contributed by atoms with E-state index in [1.54, 1.807) is 18.5 Å². The van der Waals surface area contributed by atoms with Gasteiger partial charge in [0.25, 0.3) is 0 Å². The summed E-state index contributed by atoms with van der Waals surface area (Å²) in [6.07, 6.45) is 3.38. The number of hydrogen-bond donors (Lipinski definition) is 0. The van der Waals surface area contributed by atoms with Gasteiger partial charge in [-0.15, -0.1) is 0 Å². The van der Waals surface area contributed by atoms with Gasteiger partial charge in [0.2, 0.25) is 5.88 Å². The minimum atomic E-state index is -0.473. The summed E-state index contributed by atoms with van der Waals surface area (Å²) in [5.41, 5.74) is 2.87. The predicted octanol–water partition coefficient (Wildman–Crippen LogP) is 2.25. The van der Waals surface area contributed by atoms with E-state index in [0.29, 0.717) is 5.56 Å². The van der Waals surface area contributed by atoms with Crippen molar-refractivity contribution in [2.45, 2.75) is 6.92 Å². The smallest absolute Gasteiger partial charge is 0.343 e. The first kappa shape index (κ1) is 13.0. The summed E-state index contributed by atoms with van der Waals surface area (Å²) in [4.78, 5) is 20.0. The molecule has 0 amide bonds. The molecule has 5 heteroatoms. The van der Waals surface area contributed by atoms with Gasteiger partial charge in [-0.05, 0) is 30.7 Å². The lowest BCUT2D eigenvalue weighted by Crippen LogP contribution is -2.07. The van der Waals surface area contributed by atoms with Crippen molar-refractivity contribution in [3.05, 3.63) is 41.9 Å². The highest BCUT2D eigenvalue weighted by atomic mass is 16.5. The molecule has 2 rings (SSSR count). The van der Waals surface area contributed by atoms with E-state index >= 15 is 0 Å². The molecule has 0 saturated carbocycles. The fraction of sp³-hybridized carbons (Fsp3) is 0.214. The van der Waals surface area contributed by atoms with Crippen LogP contribution in [0.1, 0.15) is 16.1 Å². The Balaban J connectivity index is 2.60. The van der Waals surface area contributed by atoms with E-state index in [0.717, 1.165) is 16.8 Å². The van der Waals surface area contributed by atoms with Crippen molar-refractivity contribution in [1.29, 1.82) is 0 Å². The third-order valence-corrected chi connectivity index (χ3v) is 2.77. The van der Waals surface area contributed by atoms with Crippen LogP contribution in [0.25, 0.3) is 11.1 Å². The van der Waals surface area contributed by atoms with Crippen LogP contribution >= 0.6 is 0 Å². The number of rotatable bonds is 3. The summed E-state index contributed by atoms with van der Waals surface area (Å²) < 4.78 is 9.85. The van der Waals surface area contributed by atoms with Crippen molar-refractivity contribution in [3.8, 4) is 17.0 Å². The molecule has 2 heterocycles. The number of ether oxygens (including phenoxy) is 2. The van der Waals surface area contributed by atoms with Gasteiger partial charge in [0, 0.05) is 23.7 Å². The van der Waals surface area contributed by atoms with Gasteiger partial charge in [0.1, 0.15) is 5.56 Å². The normalized spacial score (nSPS) is 10.1. The predicted molar refractivity (Wildman–Crippen MR) is 70.1 cm³/mol. The highest BCUT2D eigenvalue weighted by Gasteiger charge is 2.17. The molecule has 2 aromatic rings. The number of carbonyl (C=O) groups excluding carboxylic acids is 1. The molecule has 0 bridgehead atoms. The SMILES string of the molecule is COC(=O)c1cc(-c2ccncc2)c(C)nc1OC. The van der Waals surface area contributed by atoms with Crippen LogP contribution in [-0.2, 0) is 4.74 Å². The van der Waals surface area contributed by atoms with Crippen LogP contribution in [0.2, 0.25) is 0 Å². The zero-order valence-electron chi connectivity index (χ0n) is 11.0. The number of methoxy groups -OCH3 is 2. The monoisotopic (exact) mass is 258 g/mol. The summed E-state index contributed by atoms with van der Waals surface area (Å²) in [5, 5.41) is 0. The molecule has 0 atom stereocenters. The van der Waals surface area contributed by atoms with Crippen LogP contribution in [0.4, 0.5) is 0 Å². The molecule has 98 valence electrons. The summed E-state index contributed by atoms with van der Waals surface area (Å²) in [6.45, 7) is 1.86. The van der Waals surface area contributed by atoms with Gasteiger partial charge in [-0.3, -0.25) is 4.98 Å². The van der Waals surface area contributed by atoms with E-state index in [9.17, 15) is 4.79 Å². The molecule has 0 aliphatic heterocycles. The van der Waals surface area contributed by atoms with Crippen LogP contribution in [0.15, 0.2) is 30.6 Å². The van der Waals surface area contributed by atoms with E-state index in [1.807, 2.05) is 19.1 Å². The first-order valence-electron chi connectivity index (χ1n) is 5.71. The second kappa shape index (κ2) is 5.48. The number of nitrogens with zero attached hydrogens (tertiary/aromatic N) is 2. The van der Waals surface area contributed by atoms with Gasteiger partial charge in [-0.25, -0.2) is 9.78 Å². The molecule has 0 saturated heterocycles. The van der Waals surface area contributed by atoms with Crippen molar-refractivity contribution in [2.24, 2.45) is 0 Å². The topological polar surface area (TPSA) is 61.3 Å². The number of esters is 1. The Kier molecular flexibility index (Phi) is 3.75.